The lowest BCUT2D eigenvalue weighted by Gasteiger charge is -2.35. The summed E-state index contributed by atoms with van der Waals surface area (Å²) in [7, 11) is 0. The molecule has 1 unspecified atom stereocenters. The summed E-state index contributed by atoms with van der Waals surface area (Å²) in [6.07, 6.45) is 6.21. The maximum Gasteiger partial charge on any atom is 0.115 e. The second-order valence-corrected chi connectivity index (χ2v) is 4.82. The number of piperidine rings is 1. The lowest BCUT2D eigenvalue weighted by atomic mass is 10.1. The molecule has 4 heteroatoms. The van der Waals surface area contributed by atoms with Crippen LogP contribution in [0.15, 0.2) is 11.6 Å². The molecule has 3 nitrogen and oxygen atoms in total. The van der Waals surface area contributed by atoms with Gasteiger partial charge in [-0.05, 0) is 19.3 Å². The number of hydrogen-bond donors (Lipinski definition) is 1. The van der Waals surface area contributed by atoms with Gasteiger partial charge in [0.05, 0.1) is 11.9 Å². The van der Waals surface area contributed by atoms with Crippen LogP contribution < -0.4 is 0 Å². The van der Waals surface area contributed by atoms with E-state index in [9.17, 15) is 0 Å². The molecule has 0 saturated carbocycles. The van der Waals surface area contributed by atoms with E-state index in [4.69, 9.17) is 5.41 Å². The molecule has 0 bridgehead atoms. The highest BCUT2D eigenvalue weighted by molar-refractivity contribution is 7.09. The van der Waals surface area contributed by atoms with Gasteiger partial charge in [-0.15, -0.1) is 11.3 Å². The van der Waals surface area contributed by atoms with Crippen molar-refractivity contribution in [1.29, 1.82) is 5.41 Å². The molecule has 2 rings (SSSR count). The van der Waals surface area contributed by atoms with Crippen molar-refractivity contribution in [3.63, 3.8) is 0 Å². The SMILES string of the molecule is CCC(c1nccs1)N1CCCCC1=N. The Balaban J connectivity index is 2.15. The zero-order valence-corrected chi connectivity index (χ0v) is 9.89. The molecule has 1 aromatic heterocycles. The molecule has 1 saturated heterocycles. The van der Waals surface area contributed by atoms with Crippen LogP contribution in [0.5, 0.6) is 0 Å². The first kappa shape index (κ1) is 10.6. The normalized spacial score (nSPS) is 19.3. The van der Waals surface area contributed by atoms with Gasteiger partial charge in [0.25, 0.3) is 0 Å². The van der Waals surface area contributed by atoms with Gasteiger partial charge in [0.15, 0.2) is 0 Å². The van der Waals surface area contributed by atoms with Crippen LogP contribution in [-0.2, 0) is 0 Å². The summed E-state index contributed by atoms with van der Waals surface area (Å²) in [6, 6.07) is 0.331. The topological polar surface area (TPSA) is 40.0 Å². The zero-order valence-electron chi connectivity index (χ0n) is 9.07. The quantitative estimate of drug-likeness (QED) is 0.855. The average molecular weight is 223 g/mol. The monoisotopic (exact) mass is 223 g/mol. The number of thiazole rings is 1. The number of likely N-dealkylation sites (tertiary alicyclic amines) is 1. The summed E-state index contributed by atoms with van der Waals surface area (Å²) >= 11 is 1.70. The Morgan fingerprint density at radius 3 is 3.07 bits per heavy atom. The zero-order chi connectivity index (χ0) is 10.7. The van der Waals surface area contributed by atoms with Crippen molar-refractivity contribution in [3.05, 3.63) is 16.6 Å². The predicted octanol–water partition coefficient (Wildman–Crippen LogP) is 3.06. The van der Waals surface area contributed by atoms with Crippen LogP contribution in [0.25, 0.3) is 0 Å². The van der Waals surface area contributed by atoms with Crippen molar-refractivity contribution in [2.75, 3.05) is 6.54 Å². The molecule has 2 heterocycles. The summed E-state index contributed by atoms with van der Waals surface area (Å²) < 4.78 is 0. The van der Waals surface area contributed by atoms with Gasteiger partial charge in [0.2, 0.25) is 0 Å². The molecule has 15 heavy (non-hydrogen) atoms. The van der Waals surface area contributed by atoms with Crippen LogP contribution in [0, 0.1) is 5.41 Å². The molecule has 0 radical (unpaired) electrons. The Morgan fingerprint density at radius 2 is 2.47 bits per heavy atom. The summed E-state index contributed by atoms with van der Waals surface area (Å²) in [5.41, 5.74) is 0. The van der Waals surface area contributed by atoms with E-state index in [-0.39, 0.29) is 0 Å². The van der Waals surface area contributed by atoms with E-state index in [1.807, 2.05) is 11.6 Å². The minimum atomic E-state index is 0.331. The minimum Gasteiger partial charge on any atom is -0.351 e. The second kappa shape index (κ2) is 4.75. The number of rotatable bonds is 3. The number of amidine groups is 1. The third-order valence-corrected chi connectivity index (χ3v) is 3.79. The summed E-state index contributed by atoms with van der Waals surface area (Å²) in [6.45, 7) is 3.20. The van der Waals surface area contributed by atoms with Gasteiger partial charge in [-0.3, -0.25) is 5.41 Å². The van der Waals surface area contributed by atoms with Crippen molar-refractivity contribution >= 4 is 17.2 Å². The first-order valence-corrected chi connectivity index (χ1v) is 6.44. The number of nitrogens with one attached hydrogen (secondary N) is 1. The molecule has 0 aliphatic carbocycles. The molecule has 0 spiro atoms. The first-order chi connectivity index (χ1) is 7.33. The van der Waals surface area contributed by atoms with Crippen molar-refractivity contribution in [3.8, 4) is 0 Å². The predicted molar refractivity (Wildman–Crippen MR) is 63.4 cm³/mol. The van der Waals surface area contributed by atoms with Crippen molar-refractivity contribution in [2.24, 2.45) is 0 Å². The van der Waals surface area contributed by atoms with Crippen molar-refractivity contribution < 1.29 is 0 Å². The summed E-state index contributed by atoms with van der Waals surface area (Å²) in [4.78, 5) is 6.60. The molecule has 1 fully saturated rings. The molecule has 0 amide bonds. The highest BCUT2D eigenvalue weighted by Gasteiger charge is 2.25. The third kappa shape index (κ3) is 2.20. The highest BCUT2D eigenvalue weighted by Crippen LogP contribution is 2.29. The number of nitrogens with zero attached hydrogens (tertiary/aromatic N) is 2. The smallest absolute Gasteiger partial charge is 0.115 e. The van der Waals surface area contributed by atoms with E-state index >= 15 is 0 Å². The van der Waals surface area contributed by atoms with Gasteiger partial charge in [0.1, 0.15) is 5.01 Å². The fourth-order valence-electron chi connectivity index (χ4n) is 2.12. The molecule has 1 atom stereocenters. The van der Waals surface area contributed by atoms with E-state index in [0.29, 0.717) is 6.04 Å². The molecule has 1 N–H and O–H groups in total. The average Bonchev–Trinajstić information content (AvgIpc) is 2.75. The summed E-state index contributed by atoms with van der Waals surface area (Å²) in [5, 5.41) is 11.2. The Labute approximate surface area is 94.7 Å². The van der Waals surface area contributed by atoms with E-state index in [2.05, 4.69) is 16.8 Å². The van der Waals surface area contributed by atoms with E-state index in [1.54, 1.807) is 11.3 Å². The Hall–Kier alpha value is -0.900. The maximum absolute atomic E-state index is 7.98. The molecule has 1 aromatic rings. The Kier molecular flexibility index (Phi) is 3.36. The van der Waals surface area contributed by atoms with E-state index in [0.717, 1.165) is 30.2 Å². The minimum absolute atomic E-state index is 0.331. The van der Waals surface area contributed by atoms with Gasteiger partial charge in [-0.25, -0.2) is 4.98 Å². The van der Waals surface area contributed by atoms with Crippen LogP contribution in [0.3, 0.4) is 0 Å². The number of aromatic nitrogens is 1. The third-order valence-electron chi connectivity index (χ3n) is 2.91. The van der Waals surface area contributed by atoms with Crippen molar-refractivity contribution in [2.45, 2.75) is 38.6 Å². The Morgan fingerprint density at radius 1 is 1.60 bits per heavy atom. The van der Waals surface area contributed by atoms with Gasteiger partial charge in [-0.1, -0.05) is 6.92 Å². The second-order valence-electron chi connectivity index (χ2n) is 3.89. The lowest BCUT2D eigenvalue weighted by Crippen LogP contribution is -2.37. The molecule has 1 aliphatic rings. The van der Waals surface area contributed by atoms with E-state index in [1.165, 1.54) is 12.8 Å². The van der Waals surface area contributed by atoms with Crippen LogP contribution in [0.4, 0.5) is 0 Å². The first-order valence-electron chi connectivity index (χ1n) is 5.56. The standard InChI is InChI=1S/C11H17N3S/c1-2-9(11-13-6-8-15-11)14-7-4-3-5-10(14)12/h6,8-9,12H,2-5,7H2,1H3. The molecule has 0 aromatic carbocycles. The summed E-state index contributed by atoms with van der Waals surface area (Å²) in [5.74, 6) is 0.795. The molecular weight excluding hydrogens is 206 g/mol. The van der Waals surface area contributed by atoms with Crippen LogP contribution in [-0.4, -0.2) is 22.3 Å². The molecular formula is C11H17N3S. The Bertz CT molecular complexity index is 321. The highest BCUT2D eigenvalue weighted by atomic mass is 32.1. The van der Waals surface area contributed by atoms with Crippen molar-refractivity contribution in [1.82, 2.24) is 9.88 Å². The fraction of sp³-hybridized carbons (Fsp3) is 0.636. The number of hydrogen-bond acceptors (Lipinski definition) is 3. The largest absolute Gasteiger partial charge is 0.351 e. The van der Waals surface area contributed by atoms with Gasteiger partial charge in [0, 0.05) is 24.5 Å². The maximum atomic E-state index is 7.98. The molecule has 1 aliphatic heterocycles. The van der Waals surface area contributed by atoms with Crippen LogP contribution >= 0.6 is 11.3 Å². The van der Waals surface area contributed by atoms with Gasteiger partial charge in [-0.2, -0.15) is 0 Å². The fourth-order valence-corrected chi connectivity index (χ4v) is 2.96. The molecule has 82 valence electrons. The van der Waals surface area contributed by atoms with Gasteiger partial charge < -0.3 is 4.90 Å². The van der Waals surface area contributed by atoms with Crippen LogP contribution in [0.1, 0.15) is 43.7 Å². The van der Waals surface area contributed by atoms with E-state index < -0.39 is 0 Å². The lowest BCUT2D eigenvalue weighted by molar-refractivity contribution is 0.275. The van der Waals surface area contributed by atoms with Crippen LogP contribution in [0.2, 0.25) is 0 Å². The van der Waals surface area contributed by atoms with Gasteiger partial charge >= 0.3 is 0 Å².